The number of aromatic nitrogens is 2. The number of halogens is 5. The SMILES string of the molecule is CCn1ncc(Br)c1C(N)c1ccc(Br)c(C(F)(F)F)c1. The summed E-state index contributed by atoms with van der Waals surface area (Å²) < 4.78 is 41.2. The van der Waals surface area contributed by atoms with Crippen LogP contribution in [0.1, 0.15) is 29.8 Å². The summed E-state index contributed by atoms with van der Waals surface area (Å²) in [5.41, 5.74) is 6.41. The van der Waals surface area contributed by atoms with Gasteiger partial charge in [0.15, 0.2) is 0 Å². The van der Waals surface area contributed by atoms with Crippen molar-refractivity contribution in [3.63, 3.8) is 0 Å². The fourth-order valence-corrected chi connectivity index (χ4v) is 3.06. The molecule has 1 heterocycles. The Balaban J connectivity index is 2.49. The van der Waals surface area contributed by atoms with E-state index < -0.39 is 17.8 Å². The van der Waals surface area contributed by atoms with E-state index in [-0.39, 0.29) is 4.47 Å². The van der Waals surface area contributed by atoms with E-state index in [1.54, 1.807) is 16.9 Å². The molecule has 2 N–H and O–H groups in total. The van der Waals surface area contributed by atoms with Gasteiger partial charge in [-0.2, -0.15) is 18.3 Å². The van der Waals surface area contributed by atoms with Crippen molar-refractivity contribution in [1.29, 1.82) is 0 Å². The van der Waals surface area contributed by atoms with Crippen molar-refractivity contribution in [1.82, 2.24) is 9.78 Å². The maximum atomic E-state index is 13.0. The van der Waals surface area contributed by atoms with Crippen LogP contribution in [-0.4, -0.2) is 9.78 Å². The lowest BCUT2D eigenvalue weighted by Crippen LogP contribution is -2.18. The molecular formula is C13H12Br2F3N3. The number of hydrogen-bond acceptors (Lipinski definition) is 2. The minimum atomic E-state index is -4.43. The normalized spacial score (nSPS) is 13.5. The molecule has 0 spiro atoms. The van der Waals surface area contributed by atoms with Crippen LogP contribution in [0.3, 0.4) is 0 Å². The third-order valence-corrected chi connectivity index (χ3v) is 4.38. The first-order valence-corrected chi connectivity index (χ1v) is 7.67. The zero-order valence-electron chi connectivity index (χ0n) is 11.0. The first-order chi connectivity index (χ1) is 9.75. The lowest BCUT2D eigenvalue weighted by molar-refractivity contribution is -0.138. The molecule has 1 aromatic carbocycles. The van der Waals surface area contributed by atoms with Gasteiger partial charge in [-0.15, -0.1) is 0 Å². The van der Waals surface area contributed by atoms with E-state index in [4.69, 9.17) is 5.73 Å². The fourth-order valence-electron chi connectivity index (χ4n) is 2.04. The predicted molar refractivity (Wildman–Crippen MR) is 80.8 cm³/mol. The molecule has 8 heteroatoms. The number of aryl methyl sites for hydroxylation is 1. The lowest BCUT2D eigenvalue weighted by atomic mass is 10.0. The summed E-state index contributed by atoms with van der Waals surface area (Å²) in [7, 11) is 0. The molecule has 0 bridgehead atoms. The molecule has 1 atom stereocenters. The zero-order valence-corrected chi connectivity index (χ0v) is 14.1. The van der Waals surface area contributed by atoms with Gasteiger partial charge in [-0.25, -0.2) is 0 Å². The molecule has 2 aromatic rings. The van der Waals surface area contributed by atoms with E-state index in [1.807, 2.05) is 6.92 Å². The molecule has 0 aliphatic carbocycles. The van der Waals surface area contributed by atoms with Crippen molar-refractivity contribution >= 4 is 31.9 Å². The number of nitrogens with zero attached hydrogens (tertiary/aromatic N) is 2. The molecule has 0 aliphatic heterocycles. The second-order valence-corrected chi connectivity index (χ2v) is 6.12. The Morgan fingerprint density at radius 2 is 1.95 bits per heavy atom. The van der Waals surface area contributed by atoms with Crippen molar-refractivity contribution in [3.8, 4) is 0 Å². The van der Waals surface area contributed by atoms with Gasteiger partial charge >= 0.3 is 6.18 Å². The van der Waals surface area contributed by atoms with Gasteiger partial charge < -0.3 is 5.73 Å². The molecule has 0 fully saturated rings. The summed E-state index contributed by atoms with van der Waals surface area (Å²) in [6.07, 6.45) is -2.85. The smallest absolute Gasteiger partial charge is 0.319 e. The van der Waals surface area contributed by atoms with Gasteiger partial charge in [0.1, 0.15) is 0 Å². The standard InChI is InChI=1S/C13H12Br2F3N3/c1-2-21-12(10(15)6-20-21)11(19)7-3-4-9(14)8(5-7)13(16,17)18/h3-6,11H,2,19H2,1H3. The molecule has 0 saturated carbocycles. The average Bonchev–Trinajstić information content (AvgIpc) is 2.78. The van der Waals surface area contributed by atoms with Gasteiger partial charge in [0.2, 0.25) is 0 Å². The Morgan fingerprint density at radius 3 is 2.52 bits per heavy atom. The van der Waals surface area contributed by atoms with Crippen LogP contribution in [0.15, 0.2) is 33.3 Å². The molecule has 1 aromatic heterocycles. The van der Waals surface area contributed by atoms with Gasteiger partial charge in [-0.3, -0.25) is 4.68 Å². The predicted octanol–water partition coefficient (Wildman–Crippen LogP) is 4.49. The van der Waals surface area contributed by atoms with Gasteiger partial charge in [0, 0.05) is 11.0 Å². The van der Waals surface area contributed by atoms with Crippen LogP contribution in [0.5, 0.6) is 0 Å². The average molecular weight is 427 g/mol. The van der Waals surface area contributed by atoms with E-state index in [2.05, 4.69) is 37.0 Å². The first kappa shape index (κ1) is 16.5. The van der Waals surface area contributed by atoms with Crippen LogP contribution < -0.4 is 5.73 Å². The highest BCUT2D eigenvalue weighted by molar-refractivity contribution is 9.10. The Kier molecular flexibility index (Phi) is 4.79. The van der Waals surface area contributed by atoms with E-state index in [0.29, 0.717) is 22.3 Å². The Hall–Kier alpha value is -0.860. The number of hydrogen-bond donors (Lipinski definition) is 1. The highest BCUT2D eigenvalue weighted by Gasteiger charge is 2.33. The van der Waals surface area contributed by atoms with Gasteiger partial charge in [-0.1, -0.05) is 22.0 Å². The molecule has 0 radical (unpaired) electrons. The quantitative estimate of drug-likeness (QED) is 0.785. The fraction of sp³-hybridized carbons (Fsp3) is 0.308. The summed E-state index contributed by atoms with van der Waals surface area (Å²) in [5, 5.41) is 4.13. The highest BCUT2D eigenvalue weighted by Crippen LogP contribution is 2.37. The van der Waals surface area contributed by atoms with E-state index in [0.717, 1.165) is 6.07 Å². The second-order valence-electron chi connectivity index (χ2n) is 4.41. The van der Waals surface area contributed by atoms with E-state index in [1.165, 1.54) is 6.07 Å². The molecule has 3 nitrogen and oxygen atoms in total. The summed E-state index contributed by atoms with van der Waals surface area (Å²) in [5.74, 6) is 0. The molecule has 114 valence electrons. The maximum Gasteiger partial charge on any atom is 0.417 e. The number of alkyl halides is 3. The maximum absolute atomic E-state index is 13.0. The third-order valence-electron chi connectivity index (χ3n) is 3.08. The molecule has 0 saturated heterocycles. The van der Waals surface area contributed by atoms with Crippen molar-refractivity contribution in [3.05, 3.63) is 50.2 Å². The van der Waals surface area contributed by atoms with Crippen molar-refractivity contribution in [2.75, 3.05) is 0 Å². The van der Waals surface area contributed by atoms with Crippen LogP contribution in [-0.2, 0) is 12.7 Å². The summed E-state index contributed by atoms with van der Waals surface area (Å²) >= 11 is 6.25. The largest absolute Gasteiger partial charge is 0.417 e. The third kappa shape index (κ3) is 3.32. The minimum absolute atomic E-state index is 0.00554. The van der Waals surface area contributed by atoms with Crippen LogP contribution in [0.4, 0.5) is 13.2 Å². The summed E-state index contributed by atoms with van der Waals surface area (Å²) in [6, 6.07) is 3.30. The topological polar surface area (TPSA) is 43.8 Å². The number of nitrogens with two attached hydrogens (primary N) is 1. The molecule has 1 unspecified atom stereocenters. The number of benzene rings is 1. The lowest BCUT2D eigenvalue weighted by Gasteiger charge is -2.17. The minimum Gasteiger partial charge on any atom is -0.319 e. The van der Waals surface area contributed by atoms with E-state index in [9.17, 15) is 13.2 Å². The Morgan fingerprint density at radius 1 is 1.29 bits per heavy atom. The second kappa shape index (κ2) is 6.10. The zero-order chi connectivity index (χ0) is 15.8. The Labute approximate surface area is 136 Å². The molecule has 2 rings (SSSR count). The van der Waals surface area contributed by atoms with Crippen LogP contribution in [0.25, 0.3) is 0 Å². The van der Waals surface area contributed by atoms with Gasteiger partial charge in [0.25, 0.3) is 0 Å². The van der Waals surface area contributed by atoms with Gasteiger partial charge in [0.05, 0.1) is 28.0 Å². The van der Waals surface area contributed by atoms with Crippen LogP contribution >= 0.6 is 31.9 Å². The van der Waals surface area contributed by atoms with Gasteiger partial charge in [-0.05, 0) is 40.5 Å². The number of rotatable bonds is 3. The highest BCUT2D eigenvalue weighted by atomic mass is 79.9. The first-order valence-electron chi connectivity index (χ1n) is 6.09. The molecule has 21 heavy (non-hydrogen) atoms. The summed E-state index contributed by atoms with van der Waals surface area (Å²) in [6.45, 7) is 2.47. The van der Waals surface area contributed by atoms with Crippen molar-refractivity contribution < 1.29 is 13.2 Å². The Bertz CT molecular complexity index is 653. The summed E-state index contributed by atoms with van der Waals surface area (Å²) in [4.78, 5) is 0. The molecule has 0 amide bonds. The van der Waals surface area contributed by atoms with E-state index >= 15 is 0 Å². The van der Waals surface area contributed by atoms with Crippen LogP contribution in [0.2, 0.25) is 0 Å². The molecular weight excluding hydrogens is 415 g/mol. The van der Waals surface area contributed by atoms with Crippen molar-refractivity contribution in [2.45, 2.75) is 25.7 Å². The monoisotopic (exact) mass is 425 g/mol. The molecule has 0 aliphatic rings. The van der Waals surface area contributed by atoms with Crippen LogP contribution in [0, 0.1) is 0 Å². The van der Waals surface area contributed by atoms with Crippen molar-refractivity contribution in [2.24, 2.45) is 5.73 Å².